The zero-order valence-electron chi connectivity index (χ0n) is 12.6. The van der Waals surface area contributed by atoms with E-state index in [1.165, 1.54) is 6.20 Å². The number of azide groups is 1. The first-order valence-corrected chi connectivity index (χ1v) is 6.27. The smallest absolute Gasteiger partial charge is 0.419 e. The first-order chi connectivity index (χ1) is 10.2. The number of esters is 1. The van der Waals surface area contributed by atoms with Crippen LogP contribution >= 0.6 is 0 Å². The number of methoxy groups -OCH3 is 1. The molecule has 0 aromatic carbocycles. The lowest BCUT2D eigenvalue weighted by molar-refractivity contribution is -0.145. The summed E-state index contributed by atoms with van der Waals surface area (Å²) in [6, 6.07) is -1.50. The highest BCUT2D eigenvalue weighted by molar-refractivity contribution is 5.77. The molecule has 0 aliphatic rings. The van der Waals surface area contributed by atoms with Crippen LogP contribution in [-0.4, -0.2) is 45.5 Å². The fourth-order valence-corrected chi connectivity index (χ4v) is 1.48. The molecule has 120 valence electrons. The van der Waals surface area contributed by atoms with Crippen molar-refractivity contribution < 1.29 is 24.2 Å². The van der Waals surface area contributed by atoms with Gasteiger partial charge in [-0.05, 0) is 26.3 Å². The second-order valence-electron chi connectivity index (χ2n) is 5.30. The molecule has 22 heavy (non-hydrogen) atoms. The van der Waals surface area contributed by atoms with E-state index in [1.54, 1.807) is 20.8 Å². The van der Waals surface area contributed by atoms with Crippen LogP contribution in [-0.2, 0) is 14.3 Å². The minimum atomic E-state index is -1.55. The van der Waals surface area contributed by atoms with Crippen molar-refractivity contribution in [2.24, 2.45) is 5.11 Å². The van der Waals surface area contributed by atoms with Crippen molar-refractivity contribution in [1.82, 2.24) is 9.55 Å². The molecule has 1 aromatic heterocycles. The first kappa shape index (κ1) is 17.5. The molecule has 0 spiro atoms. The minimum absolute atomic E-state index is 0.0336. The molecule has 0 bridgehead atoms. The molecule has 0 aliphatic carbocycles. The molecule has 0 amide bonds. The molecule has 0 unspecified atom stereocenters. The third-order valence-electron chi connectivity index (χ3n) is 2.43. The van der Waals surface area contributed by atoms with Gasteiger partial charge < -0.3 is 14.6 Å². The van der Waals surface area contributed by atoms with E-state index in [-0.39, 0.29) is 5.69 Å². The predicted octanol–water partition coefficient (Wildman–Crippen LogP) is 1.55. The molecular weight excluding hydrogens is 294 g/mol. The van der Waals surface area contributed by atoms with E-state index in [1.807, 2.05) is 0 Å². The number of nitrogens with zero attached hydrogens (tertiary/aromatic N) is 5. The monoisotopic (exact) mass is 311 g/mol. The molecule has 0 fully saturated rings. The predicted molar refractivity (Wildman–Crippen MR) is 73.8 cm³/mol. The molecule has 1 N–H and O–H groups in total. The van der Waals surface area contributed by atoms with Crippen molar-refractivity contribution in [3.63, 3.8) is 0 Å². The van der Waals surface area contributed by atoms with E-state index in [9.17, 15) is 14.7 Å². The second kappa shape index (κ2) is 6.92. The molecular formula is C12H17N5O5. The van der Waals surface area contributed by atoms with Crippen molar-refractivity contribution in [3.05, 3.63) is 28.7 Å². The zero-order chi connectivity index (χ0) is 16.9. The Balaban J connectivity index is 2.96. The molecule has 0 saturated carbocycles. The van der Waals surface area contributed by atoms with Gasteiger partial charge in [-0.25, -0.2) is 14.3 Å². The lowest BCUT2D eigenvalue weighted by Gasteiger charge is -2.19. The van der Waals surface area contributed by atoms with Gasteiger partial charge in [0, 0.05) is 11.1 Å². The van der Waals surface area contributed by atoms with E-state index in [0.717, 1.165) is 18.0 Å². The number of aromatic nitrogens is 2. The van der Waals surface area contributed by atoms with Crippen LogP contribution in [0, 0.1) is 0 Å². The van der Waals surface area contributed by atoms with Crippen LogP contribution in [0.25, 0.3) is 10.4 Å². The maximum absolute atomic E-state index is 11.8. The number of aliphatic hydroxyl groups is 1. The normalized spacial score (nSPS) is 13.7. The highest BCUT2D eigenvalue weighted by atomic mass is 16.6. The van der Waals surface area contributed by atoms with Gasteiger partial charge in [-0.1, -0.05) is 5.11 Å². The Labute approximate surface area is 126 Å². The number of hydrogen-bond acceptors (Lipinski definition) is 7. The van der Waals surface area contributed by atoms with Crippen molar-refractivity contribution in [1.29, 1.82) is 0 Å². The summed E-state index contributed by atoms with van der Waals surface area (Å²) in [5.41, 5.74) is 7.71. The third-order valence-corrected chi connectivity index (χ3v) is 2.43. The molecule has 2 atom stereocenters. The maximum Gasteiger partial charge on any atom is 0.419 e. The van der Waals surface area contributed by atoms with E-state index in [2.05, 4.69) is 19.7 Å². The largest absolute Gasteiger partial charge is 0.469 e. The summed E-state index contributed by atoms with van der Waals surface area (Å²) < 4.78 is 10.6. The Bertz CT molecular complexity index is 599. The zero-order valence-corrected chi connectivity index (χ0v) is 12.6. The second-order valence-corrected chi connectivity index (χ2v) is 5.30. The summed E-state index contributed by atoms with van der Waals surface area (Å²) in [6.45, 7) is 5.10. The topological polar surface area (TPSA) is 139 Å². The van der Waals surface area contributed by atoms with Gasteiger partial charge in [-0.3, -0.25) is 4.79 Å². The summed E-state index contributed by atoms with van der Waals surface area (Å²) in [7, 11) is 1.09. The van der Waals surface area contributed by atoms with Crippen LogP contribution in [0.1, 0.15) is 32.6 Å². The fraction of sp³-hybridized carbons (Fsp3) is 0.583. The average Bonchev–Trinajstić information content (AvgIpc) is 2.91. The van der Waals surface area contributed by atoms with Gasteiger partial charge in [-0.15, -0.1) is 0 Å². The van der Waals surface area contributed by atoms with Gasteiger partial charge in [0.25, 0.3) is 0 Å². The third kappa shape index (κ3) is 4.47. The summed E-state index contributed by atoms with van der Waals surface area (Å²) in [4.78, 5) is 29.6. The lowest BCUT2D eigenvalue weighted by Crippen LogP contribution is -2.28. The first-order valence-electron chi connectivity index (χ1n) is 6.27. The van der Waals surface area contributed by atoms with E-state index >= 15 is 0 Å². The van der Waals surface area contributed by atoms with E-state index in [0.29, 0.717) is 0 Å². The Kier molecular flexibility index (Phi) is 5.50. The van der Waals surface area contributed by atoms with Crippen LogP contribution in [0.5, 0.6) is 0 Å². The molecule has 1 aromatic rings. The molecule has 0 radical (unpaired) electrons. The van der Waals surface area contributed by atoms with E-state index < -0.39 is 29.8 Å². The van der Waals surface area contributed by atoms with Crippen LogP contribution in [0.2, 0.25) is 0 Å². The average molecular weight is 311 g/mol. The molecule has 10 nitrogen and oxygen atoms in total. The molecule has 0 saturated heterocycles. The molecule has 10 heteroatoms. The Hall–Kier alpha value is -2.58. The van der Waals surface area contributed by atoms with Gasteiger partial charge in [-0.2, -0.15) is 0 Å². The summed E-state index contributed by atoms with van der Waals surface area (Å²) in [5, 5.41) is 13.2. The number of hydrogen-bond donors (Lipinski definition) is 1. The number of ether oxygens (including phenoxy) is 2. The maximum atomic E-state index is 11.8. The van der Waals surface area contributed by atoms with E-state index in [4.69, 9.17) is 10.3 Å². The van der Waals surface area contributed by atoms with Crippen LogP contribution in [0.3, 0.4) is 0 Å². The van der Waals surface area contributed by atoms with Crippen LogP contribution in [0.4, 0.5) is 4.79 Å². The molecule has 1 heterocycles. The van der Waals surface area contributed by atoms with Gasteiger partial charge in [0.15, 0.2) is 6.04 Å². The van der Waals surface area contributed by atoms with Crippen LogP contribution in [0.15, 0.2) is 17.6 Å². The number of carbonyl (C=O) groups excluding carboxylic acids is 2. The summed E-state index contributed by atoms with van der Waals surface area (Å²) in [6.07, 6.45) is 0.0578. The highest BCUT2D eigenvalue weighted by Crippen LogP contribution is 2.19. The molecule has 0 aliphatic heterocycles. The van der Waals surface area contributed by atoms with Crippen LogP contribution < -0.4 is 0 Å². The standard InChI is InChI=1S/C12H17N5O5/c1-12(2,3)22-11(20)17-5-7(14-6-17)9(18)8(15-16-13)10(19)21-4/h5-6,8-9,18H,1-4H3/t8-,9-/m1/s1. The molecule has 1 rings (SSSR count). The van der Waals surface area contributed by atoms with Crippen molar-refractivity contribution in [2.75, 3.05) is 7.11 Å². The lowest BCUT2D eigenvalue weighted by atomic mass is 10.1. The quantitative estimate of drug-likeness (QED) is 0.387. The van der Waals surface area contributed by atoms with Gasteiger partial charge in [0.2, 0.25) is 0 Å². The van der Waals surface area contributed by atoms with Crippen molar-refractivity contribution >= 4 is 12.1 Å². The number of carbonyl (C=O) groups is 2. The Morgan fingerprint density at radius 2 is 2.14 bits per heavy atom. The minimum Gasteiger partial charge on any atom is -0.469 e. The fourth-order valence-electron chi connectivity index (χ4n) is 1.48. The van der Waals surface area contributed by atoms with Gasteiger partial charge >= 0.3 is 12.1 Å². The summed E-state index contributed by atoms with van der Waals surface area (Å²) in [5.74, 6) is -0.919. The highest BCUT2D eigenvalue weighted by Gasteiger charge is 2.30. The number of aliphatic hydroxyl groups excluding tert-OH is 1. The number of rotatable bonds is 4. The van der Waals surface area contributed by atoms with Gasteiger partial charge in [0.05, 0.1) is 12.8 Å². The number of imidazole rings is 1. The van der Waals surface area contributed by atoms with Crippen molar-refractivity contribution in [3.8, 4) is 0 Å². The summed E-state index contributed by atoms with van der Waals surface area (Å²) >= 11 is 0. The Morgan fingerprint density at radius 3 is 2.64 bits per heavy atom. The SMILES string of the molecule is COC(=O)[C@H](N=[N+]=[N-])[C@H](O)c1cn(C(=O)OC(C)(C)C)cn1. The van der Waals surface area contributed by atoms with Crippen molar-refractivity contribution in [2.45, 2.75) is 38.5 Å². The Morgan fingerprint density at radius 1 is 1.50 bits per heavy atom. The van der Waals surface area contributed by atoms with Gasteiger partial charge in [0.1, 0.15) is 18.0 Å².